The second-order valence-corrected chi connectivity index (χ2v) is 4.20. The number of aliphatic hydroxyl groups excluding tert-OH is 2. The molecule has 1 rings (SSSR count). The summed E-state index contributed by atoms with van der Waals surface area (Å²) in [5.41, 5.74) is 0. The highest BCUT2D eigenvalue weighted by atomic mass is 16.3. The van der Waals surface area contributed by atoms with Crippen LogP contribution in [0.25, 0.3) is 0 Å². The molecule has 0 aliphatic heterocycles. The van der Waals surface area contributed by atoms with E-state index in [1.807, 2.05) is 6.92 Å². The molecule has 0 aromatic rings. The highest BCUT2D eigenvalue weighted by Crippen LogP contribution is 2.24. The van der Waals surface area contributed by atoms with Gasteiger partial charge in [0.2, 0.25) is 0 Å². The summed E-state index contributed by atoms with van der Waals surface area (Å²) in [5.74, 6) is 0.390. The van der Waals surface area contributed by atoms with E-state index in [4.69, 9.17) is 0 Å². The van der Waals surface area contributed by atoms with Gasteiger partial charge in [0.25, 0.3) is 0 Å². The van der Waals surface area contributed by atoms with Crippen molar-refractivity contribution in [2.75, 3.05) is 6.54 Å². The van der Waals surface area contributed by atoms with Gasteiger partial charge in [-0.2, -0.15) is 0 Å². The quantitative estimate of drug-likeness (QED) is 0.601. The van der Waals surface area contributed by atoms with Crippen molar-refractivity contribution in [3.8, 4) is 0 Å². The molecule has 0 amide bonds. The van der Waals surface area contributed by atoms with Gasteiger partial charge in [-0.3, -0.25) is 0 Å². The number of rotatable bonds is 4. The van der Waals surface area contributed by atoms with Gasteiger partial charge in [0, 0.05) is 12.6 Å². The molecule has 1 aliphatic carbocycles. The van der Waals surface area contributed by atoms with E-state index in [0.717, 1.165) is 25.8 Å². The van der Waals surface area contributed by atoms with Gasteiger partial charge in [-0.1, -0.05) is 6.42 Å². The van der Waals surface area contributed by atoms with E-state index < -0.39 is 0 Å². The van der Waals surface area contributed by atoms with Crippen LogP contribution in [0.3, 0.4) is 0 Å². The van der Waals surface area contributed by atoms with Crippen molar-refractivity contribution in [1.29, 1.82) is 0 Å². The molecule has 4 unspecified atom stereocenters. The van der Waals surface area contributed by atoms with E-state index in [9.17, 15) is 10.2 Å². The average Bonchev–Trinajstić information content (AvgIpc) is 2.47. The predicted octanol–water partition coefficient (Wildman–Crippen LogP) is 0.506. The first-order chi connectivity index (χ1) is 6.11. The van der Waals surface area contributed by atoms with Crippen LogP contribution >= 0.6 is 0 Å². The zero-order chi connectivity index (χ0) is 9.84. The Morgan fingerprint density at radius 2 is 2.08 bits per heavy atom. The predicted molar refractivity (Wildman–Crippen MR) is 52.5 cm³/mol. The van der Waals surface area contributed by atoms with Crippen molar-refractivity contribution >= 4 is 0 Å². The Kier molecular flexibility index (Phi) is 4.16. The minimum atomic E-state index is -0.321. The number of nitrogens with one attached hydrogen (secondary N) is 1. The SMILES string of the molecule is CC(O)C(C)NCC1CCCC1O. The molecular weight excluding hydrogens is 166 g/mol. The summed E-state index contributed by atoms with van der Waals surface area (Å²) >= 11 is 0. The van der Waals surface area contributed by atoms with Crippen LogP contribution in [0.2, 0.25) is 0 Å². The van der Waals surface area contributed by atoms with Crippen LogP contribution in [-0.4, -0.2) is 35.0 Å². The third kappa shape index (κ3) is 3.25. The van der Waals surface area contributed by atoms with Crippen LogP contribution < -0.4 is 5.32 Å². The van der Waals surface area contributed by atoms with Crippen molar-refractivity contribution in [1.82, 2.24) is 5.32 Å². The molecule has 4 atom stereocenters. The maximum absolute atomic E-state index is 9.54. The molecule has 0 bridgehead atoms. The van der Waals surface area contributed by atoms with Crippen molar-refractivity contribution in [3.63, 3.8) is 0 Å². The fourth-order valence-electron chi connectivity index (χ4n) is 1.76. The van der Waals surface area contributed by atoms with Gasteiger partial charge in [-0.15, -0.1) is 0 Å². The smallest absolute Gasteiger partial charge is 0.0662 e. The molecule has 13 heavy (non-hydrogen) atoms. The molecular formula is C10H21NO2. The van der Waals surface area contributed by atoms with Crippen LogP contribution in [-0.2, 0) is 0 Å². The fraction of sp³-hybridized carbons (Fsp3) is 1.00. The van der Waals surface area contributed by atoms with Crippen LogP contribution in [0, 0.1) is 5.92 Å². The summed E-state index contributed by atoms with van der Waals surface area (Å²) in [7, 11) is 0. The van der Waals surface area contributed by atoms with Crippen LogP contribution in [0.15, 0.2) is 0 Å². The lowest BCUT2D eigenvalue weighted by molar-refractivity contribution is 0.116. The molecule has 0 aromatic heterocycles. The monoisotopic (exact) mass is 187 g/mol. The molecule has 0 spiro atoms. The first kappa shape index (κ1) is 11.0. The molecule has 1 fully saturated rings. The third-order valence-electron chi connectivity index (χ3n) is 3.04. The molecule has 0 saturated heterocycles. The van der Waals surface area contributed by atoms with Gasteiger partial charge in [0.05, 0.1) is 12.2 Å². The summed E-state index contributed by atoms with van der Waals surface area (Å²) in [6.45, 7) is 4.57. The first-order valence-electron chi connectivity index (χ1n) is 5.20. The van der Waals surface area contributed by atoms with Crippen molar-refractivity contribution in [3.05, 3.63) is 0 Å². The first-order valence-corrected chi connectivity index (χ1v) is 5.20. The highest BCUT2D eigenvalue weighted by Gasteiger charge is 2.25. The van der Waals surface area contributed by atoms with Gasteiger partial charge < -0.3 is 15.5 Å². The van der Waals surface area contributed by atoms with Gasteiger partial charge in [-0.05, 0) is 32.6 Å². The molecule has 0 radical (unpaired) electrons. The minimum Gasteiger partial charge on any atom is -0.393 e. The Labute approximate surface area is 80.2 Å². The topological polar surface area (TPSA) is 52.5 Å². The summed E-state index contributed by atoms with van der Waals surface area (Å²) in [5, 5.41) is 22.0. The van der Waals surface area contributed by atoms with E-state index in [-0.39, 0.29) is 18.2 Å². The number of hydrogen-bond donors (Lipinski definition) is 3. The van der Waals surface area contributed by atoms with E-state index in [2.05, 4.69) is 5.32 Å². The molecule has 1 aliphatic rings. The van der Waals surface area contributed by atoms with Gasteiger partial charge in [0.15, 0.2) is 0 Å². The van der Waals surface area contributed by atoms with Crippen molar-refractivity contribution in [2.24, 2.45) is 5.92 Å². The largest absolute Gasteiger partial charge is 0.393 e. The molecule has 78 valence electrons. The van der Waals surface area contributed by atoms with Gasteiger partial charge in [0.1, 0.15) is 0 Å². The van der Waals surface area contributed by atoms with Crippen LogP contribution in [0.1, 0.15) is 33.1 Å². The molecule has 1 saturated carbocycles. The zero-order valence-electron chi connectivity index (χ0n) is 8.53. The fourth-order valence-corrected chi connectivity index (χ4v) is 1.76. The molecule has 0 aromatic carbocycles. The summed E-state index contributed by atoms with van der Waals surface area (Å²) in [6.07, 6.45) is 2.74. The van der Waals surface area contributed by atoms with E-state index in [0.29, 0.717) is 5.92 Å². The molecule has 3 nitrogen and oxygen atoms in total. The summed E-state index contributed by atoms with van der Waals surface area (Å²) in [6, 6.07) is 0.118. The van der Waals surface area contributed by atoms with Gasteiger partial charge in [-0.25, -0.2) is 0 Å². The van der Waals surface area contributed by atoms with Crippen LogP contribution in [0.4, 0.5) is 0 Å². The summed E-state index contributed by atoms with van der Waals surface area (Å²) < 4.78 is 0. The van der Waals surface area contributed by atoms with Crippen molar-refractivity contribution in [2.45, 2.75) is 51.4 Å². The highest BCUT2D eigenvalue weighted by molar-refractivity contribution is 4.80. The molecule has 3 N–H and O–H groups in total. The maximum Gasteiger partial charge on any atom is 0.0662 e. The van der Waals surface area contributed by atoms with Crippen LogP contribution in [0.5, 0.6) is 0 Å². The zero-order valence-corrected chi connectivity index (χ0v) is 8.53. The second kappa shape index (κ2) is 4.94. The lowest BCUT2D eigenvalue weighted by Gasteiger charge is -2.21. The third-order valence-corrected chi connectivity index (χ3v) is 3.04. The van der Waals surface area contributed by atoms with Gasteiger partial charge >= 0.3 is 0 Å². The van der Waals surface area contributed by atoms with E-state index in [1.165, 1.54) is 0 Å². The Morgan fingerprint density at radius 1 is 1.38 bits per heavy atom. The summed E-state index contributed by atoms with van der Waals surface area (Å²) in [4.78, 5) is 0. The number of hydrogen-bond acceptors (Lipinski definition) is 3. The second-order valence-electron chi connectivity index (χ2n) is 4.20. The lowest BCUT2D eigenvalue weighted by Crippen LogP contribution is -2.39. The molecule has 3 heteroatoms. The lowest BCUT2D eigenvalue weighted by atomic mass is 10.1. The Balaban J connectivity index is 2.18. The Bertz CT molecular complexity index is 150. The van der Waals surface area contributed by atoms with E-state index >= 15 is 0 Å². The molecule has 0 heterocycles. The van der Waals surface area contributed by atoms with E-state index in [1.54, 1.807) is 6.92 Å². The Hall–Kier alpha value is -0.120. The maximum atomic E-state index is 9.54. The van der Waals surface area contributed by atoms with Crippen molar-refractivity contribution < 1.29 is 10.2 Å². The standard InChI is InChI=1S/C10H21NO2/c1-7(8(2)12)11-6-9-4-3-5-10(9)13/h7-13H,3-6H2,1-2H3. The minimum absolute atomic E-state index is 0.118. The average molecular weight is 187 g/mol. The number of aliphatic hydroxyl groups is 2. The normalized spacial score (nSPS) is 33.2. The Morgan fingerprint density at radius 3 is 2.54 bits per heavy atom.